The summed E-state index contributed by atoms with van der Waals surface area (Å²) < 4.78 is 5.75. The van der Waals surface area contributed by atoms with Crippen molar-refractivity contribution in [1.82, 2.24) is 5.43 Å². The minimum absolute atomic E-state index is 0.709. The second-order valence-corrected chi connectivity index (χ2v) is 3.95. The molecule has 2 N–H and O–H groups in total. The van der Waals surface area contributed by atoms with Gasteiger partial charge in [0.2, 0.25) is 0 Å². The van der Waals surface area contributed by atoms with Crippen molar-refractivity contribution in [2.75, 3.05) is 18.8 Å². The van der Waals surface area contributed by atoms with Crippen molar-refractivity contribution >= 4 is 34.0 Å². The average Bonchev–Trinajstić information content (AvgIpc) is 2.26. The number of anilines is 1. The molecule has 0 aliphatic rings. The number of benzene rings is 1. The molecule has 0 amide bonds. The number of thiocarbonyl (C=S) groups is 1. The molecule has 1 rings (SSSR count). The highest BCUT2D eigenvalue weighted by atomic mass is 32.2. The summed E-state index contributed by atoms with van der Waals surface area (Å²) in [5.74, 6) is 0.836. The predicted octanol–water partition coefficient (Wildman–Crippen LogP) is 2.26. The van der Waals surface area contributed by atoms with Crippen LogP contribution in [-0.2, 0) is 0 Å². The molecule has 0 heterocycles. The fourth-order valence-corrected chi connectivity index (χ4v) is 1.05. The van der Waals surface area contributed by atoms with Crippen molar-refractivity contribution in [2.45, 2.75) is 0 Å². The van der Waals surface area contributed by atoms with Crippen LogP contribution in [0.25, 0.3) is 0 Å². The molecule has 0 radical (unpaired) electrons. The molecule has 0 saturated carbocycles. The quantitative estimate of drug-likeness (QED) is 0.612. The zero-order chi connectivity index (χ0) is 10.4. The van der Waals surface area contributed by atoms with Crippen LogP contribution in [0.15, 0.2) is 24.3 Å². The number of thioether (sulfide) groups is 1. The van der Waals surface area contributed by atoms with E-state index in [1.807, 2.05) is 30.5 Å². The zero-order valence-electron chi connectivity index (χ0n) is 8.03. The Morgan fingerprint density at radius 3 is 2.50 bits per heavy atom. The van der Waals surface area contributed by atoms with Gasteiger partial charge in [-0.15, -0.1) is 0 Å². The number of hydrogen-bond acceptors (Lipinski definition) is 4. The lowest BCUT2D eigenvalue weighted by molar-refractivity contribution is 0.415. The lowest BCUT2D eigenvalue weighted by Gasteiger charge is -2.08. The van der Waals surface area contributed by atoms with E-state index < -0.39 is 0 Å². The van der Waals surface area contributed by atoms with Crippen LogP contribution >= 0.6 is 24.0 Å². The van der Waals surface area contributed by atoms with Crippen LogP contribution in [0.4, 0.5) is 5.69 Å². The Labute approximate surface area is 93.2 Å². The second kappa shape index (κ2) is 5.72. The molecule has 0 fully saturated rings. The van der Waals surface area contributed by atoms with Gasteiger partial charge in [0, 0.05) is 0 Å². The second-order valence-electron chi connectivity index (χ2n) is 2.47. The van der Waals surface area contributed by atoms with E-state index >= 15 is 0 Å². The normalized spacial score (nSPS) is 9.29. The predicted molar refractivity (Wildman–Crippen MR) is 65.9 cm³/mol. The number of rotatable bonds is 3. The van der Waals surface area contributed by atoms with Crippen LogP contribution in [0.2, 0.25) is 0 Å². The molecule has 0 atom stereocenters. The van der Waals surface area contributed by atoms with E-state index in [4.69, 9.17) is 17.0 Å². The Morgan fingerprint density at radius 2 is 2.00 bits per heavy atom. The maximum absolute atomic E-state index is 5.04. The minimum Gasteiger partial charge on any atom is -0.497 e. The first-order chi connectivity index (χ1) is 6.76. The van der Waals surface area contributed by atoms with E-state index in [1.165, 1.54) is 11.8 Å². The molecule has 0 aliphatic carbocycles. The van der Waals surface area contributed by atoms with Crippen LogP contribution in [-0.4, -0.2) is 17.7 Å². The Balaban J connectivity index is 2.47. The van der Waals surface area contributed by atoms with Crippen molar-refractivity contribution < 1.29 is 4.74 Å². The summed E-state index contributed by atoms with van der Waals surface area (Å²) in [6, 6.07) is 7.59. The van der Waals surface area contributed by atoms with Crippen LogP contribution in [0, 0.1) is 0 Å². The third-order valence-corrected chi connectivity index (χ3v) is 2.66. The molecule has 1 aromatic rings. The summed E-state index contributed by atoms with van der Waals surface area (Å²) in [6.45, 7) is 0. The largest absolute Gasteiger partial charge is 0.497 e. The van der Waals surface area contributed by atoms with Crippen LogP contribution in [0.5, 0.6) is 5.75 Å². The first-order valence-corrected chi connectivity index (χ1v) is 5.63. The third kappa shape index (κ3) is 3.43. The molecular weight excluding hydrogens is 216 g/mol. The molecule has 76 valence electrons. The average molecular weight is 228 g/mol. The van der Waals surface area contributed by atoms with Crippen molar-refractivity contribution in [3.8, 4) is 5.75 Å². The molecule has 0 bridgehead atoms. The summed E-state index contributed by atoms with van der Waals surface area (Å²) in [4.78, 5) is 0. The van der Waals surface area contributed by atoms with Gasteiger partial charge in [0.1, 0.15) is 5.75 Å². The topological polar surface area (TPSA) is 33.3 Å². The molecule has 5 heteroatoms. The Kier molecular flexibility index (Phi) is 4.55. The number of methoxy groups -OCH3 is 1. The van der Waals surface area contributed by atoms with Gasteiger partial charge in [0.25, 0.3) is 0 Å². The lowest BCUT2D eigenvalue weighted by atomic mass is 10.3. The lowest BCUT2D eigenvalue weighted by Crippen LogP contribution is -2.24. The maximum Gasteiger partial charge on any atom is 0.152 e. The van der Waals surface area contributed by atoms with Gasteiger partial charge in [0.15, 0.2) is 4.32 Å². The van der Waals surface area contributed by atoms with Crippen molar-refractivity contribution in [2.24, 2.45) is 0 Å². The maximum atomic E-state index is 5.04. The van der Waals surface area contributed by atoms with Gasteiger partial charge < -0.3 is 4.74 Å². The van der Waals surface area contributed by atoms with Crippen LogP contribution in [0.1, 0.15) is 0 Å². The molecule has 0 saturated heterocycles. The first-order valence-electron chi connectivity index (χ1n) is 4.00. The minimum atomic E-state index is 0.709. The molecule has 14 heavy (non-hydrogen) atoms. The molecule has 0 spiro atoms. The molecule has 0 aliphatic heterocycles. The Morgan fingerprint density at radius 1 is 1.36 bits per heavy atom. The SMILES string of the molecule is COc1ccc(NNC(=S)SC)cc1. The van der Waals surface area contributed by atoms with E-state index in [-0.39, 0.29) is 0 Å². The van der Waals surface area contributed by atoms with E-state index in [0.29, 0.717) is 4.32 Å². The first kappa shape index (κ1) is 11.1. The van der Waals surface area contributed by atoms with E-state index in [1.54, 1.807) is 7.11 Å². The number of ether oxygens (including phenoxy) is 1. The van der Waals surface area contributed by atoms with Crippen molar-refractivity contribution in [3.63, 3.8) is 0 Å². The summed E-state index contributed by atoms with van der Waals surface area (Å²) in [6.07, 6.45) is 1.92. The number of hydrazine groups is 1. The molecule has 0 unspecified atom stereocenters. The fraction of sp³-hybridized carbons (Fsp3) is 0.222. The highest BCUT2D eigenvalue weighted by molar-refractivity contribution is 8.22. The molecular formula is C9H12N2OS2. The van der Waals surface area contributed by atoms with Crippen molar-refractivity contribution in [1.29, 1.82) is 0 Å². The molecule has 3 nitrogen and oxygen atoms in total. The highest BCUT2D eigenvalue weighted by Gasteiger charge is 1.94. The number of hydrogen-bond donors (Lipinski definition) is 2. The Hall–Kier alpha value is -0.940. The highest BCUT2D eigenvalue weighted by Crippen LogP contribution is 2.14. The van der Waals surface area contributed by atoms with Crippen LogP contribution in [0.3, 0.4) is 0 Å². The van der Waals surface area contributed by atoms with E-state index in [9.17, 15) is 0 Å². The van der Waals surface area contributed by atoms with E-state index in [0.717, 1.165) is 11.4 Å². The van der Waals surface area contributed by atoms with E-state index in [2.05, 4.69) is 10.9 Å². The summed E-state index contributed by atoms with van der Waals surface area (Å²) in [5, 5.41) is 0. The van der Waals surface area contributed by atoms with Gasteiger partial charge in [-0.25, -0.2) is 0 Å². The molecule has 0 aromatic heterocycles. The number of nitrogens with one attached hydrogen (secondary N) is 2. The monoisotopic (exact) mass is 228 g/mol. The Bertz CT molecular complexity index is 300. The summed E-state index contributed by atoms with van der Waals surface area (Å²) in [5.41, 5.74) is 6.82. The smallest absolute Gasteiger partial charge is 0.152 e. The van der Waals surface area contributed by atoms with Gasteiger partial charge in [0.05, 0.1) is 12.8 Å². The standard InChI is InChI=1S/C9H12N2OS2/c1-12-8-5-3-7(4-6-8)10-11-9(13)14-2/h3-6,10H,1-2H3,(H,11,13). The third-order valence-electron chi connectivity index (χ3n) is 1.58. The zero-order valence-corrected chi connectivity index (χ0v) is 9.67. The molecule has 1 aromatic carbocycles. The van der Waals surface area contributed by atoms with Gasteiger partial charge >= 0.3 is 0 Å². The van der Waals surface area contributed by atoms with Gasteiger partial charge in [-0.05, 0) is 30.5 Å². The fourth-order valence-electron chi connectivity index (χ4n) is 0.849. The van der Waals surface area contributed by atoms with Gasteiger partial charge in [-0.3, -0.25) is 10.9 Å². The van der Waals surface area contributed by atoms with Crippen LogP contribution < -0.4 is 15.6 Å². The van der Waals surface area contributed by atoms with Gasteiger partial charge in [-0.2, -0.15) is 0 Å². The van der Waals surface area contributed by atoms with Gasteiger partial charge in [-0.1, -0.05) is 24.0 Å². The van der Waals surface area contributed by atoms with Crippen molar-refractivity contribution in [3.05, 3.63) is 24.3 Å². The summed E-state index contributed by atoms with van der Waals surface area (Å²) >= 11 is 6.45. The summed E-state index contributed by atoms with van der Waals surface area (Å²) in [7, 11) is 1.64.